The van der Waals surface area contributed by atoms with Gasteiger partial charge in [-0.15, -0.1) is 0 Å². The summed E-state index contributed by atoms with van der Waals surface area (Å²) in [5.41, 5.74) is 6.97. The molecule has 1 aromatic carbocycles. The molecule has 1 heterocycles. The fourth-order valence-corrected chi connectivity index (χ4v) is 2.18. The first-order valence-corrected chi connectivity index (χ1v) is 6.08. The standard InChI is InChI=1S/C12H15ClN2O3/c13-9-3-7-1-2-18-11(7)8(4-9)5-15-6-10(16)12(14)17/h3-4,10,15-16H,1-2,5-6H2,(H2,14,17). The second kappa shape index (κ2) is 5.56. The van der Waals surface area contributed by atoms with Crippen LogP contribution in [0.4, 0.5) is 0 Å². The Labute approximate surface area is 110 Å². The minimum Gasteiger partial charge on any atom is -0.493 e. The molecule has 6 heteroatoms. The topological polar surface area (TPSA) is 84.6 Å². The summed E-state index contributed by atoms with van der Waals surface area (Å²) in [5.74, 6) is 0.107. The number of hydrogen-bond donors (Lipinski definition) is 3. The van der Waals surface area contributed by atoms with Gasteiger partial charge in [0.1, 0.15) is 11.9 Å². The molecule has 1 unspecified atom stereocenters. The van der Waals surface area contributed by atoms with Crippen molar-refractivity contribution in [3.05, 3.63) is 28.3 Å². The number of halogens is 1. The summed E-state index contributed by atoms with van der Waals surface area (Å²) in [4.78, 5) is 10.7. The van der Waals surface area contributed by atoms with Gasteiger partial charge in [0.25, 0.3) is 0 Å². The van der Waals surface area contributed by atoms with E-state index in [1.54, 1.807) is 0 Å². The molecule has 0 fully saturated rings. The Morgan fingerprint density at radius 1 is 1.61 bits per heavy atom. The van der Waals surface area contributed by atoms with Gasteiger partial charge in [-0.25, -0.2) is 0 Å². The summed E-state index contributed by atoms with van der Waals surface area (Å²) >= 11 is 6.01. The third kappa shape index (κ3) is 2.93. The Hall–Kier alpha value is -1.30. The first-order chi connectivity index (χ1) is 8.58. The molecule has 2 rings (SSSR count). The van der Waals surface area contributed by atoms with Crippen LogP contribution in [0, 0.1) is 0 Å². The average molecular weight is 271 g/mol. The second-order valence-corrected chi connectivity index (χ2v) is 4.64. The number of rotatable bonds is 5. The molecule has 0 radical (unpaired) electrons. The third-order valence-corrected chi connectivity index (χ3v) is 3.03. The molecule has 18 heavy (non-hydrogen) atoms. The van der Waals surface area contributed by atoms with E-state index in [4.69, 9.17) is 22.1 Å². The van der Waals surface area contributed by atoms with E-state index < -0.39 is 12.0 Å². The molecular formula is C12H15ClN2O3. The lowest BCUT2D eigenvalue weighted by molar-refractivity contribution is -0.125. The first-order valence-electron chi connectivity index (χ1n) is 5.70. The van der Waals surface area contributed by atoms with Crippen molar-refractivity contribution in [1.82, 2.24) is 5.32 Å². The van der Waals surface area contributed by atoms with Crippen LogP contribution in [0.5, 0.6) is 5.75 Å². The van der Waals surface area contributed by atoms with E-state index in [1.807, 2.05) is 12.1 Å². The molecule has 1 aromatic rings. The highest BCUT2D eigenvalue weighted by atomic mass is 35.5. The number of fused-ring (bicyclic) bond motifs is 1. The Kier molecular flexibility index (Phi) is 4.06. The van der Waals surface area contributed by atoms with Gasteiger partial charge in [-0.05, 0) is 17.7 Å². The molecule has 1 amide bonds. The molecular weight excluding hydrogens is 256 g/mol. The van der Waals surface area contributed by atoms with E-state index >= 15 is 0 Å². The summed E-state index contributed by atoms with van der Waals surface area (Å²) in [6, 6.07) is 3.71. The quantitative estimate of drug-likeness (QED) is 0.714. The first kappa shape index (κ1) is 13.1. The number of ether oxygens (including phenoxy) is 1. The van der Waals surface area contributed by atoms with Crippen LogP contribution in [0.2, 0.25) is 5.02 Å². The minimum atomic E-state index is -1.18. The van der Waals surface area contributed by atoms with Gasteiger partial charge in [0.2, 0.25) is 5.91 Å². The Morgan fingerprint density at radius 2 is 2.39 bits per heavy atom. The van der Waals surface area contributed by atoms with E-state index in [9.17, 15) is 9.90 Å². The molecule has 0 spiro atoms. The van der Waals surface area contributed by atoms with Gasteiger partial charge < -0.3 is 20.9 Å². The average Bonchev–Trinajstić information content (AvgIpc) is 2.76. The highest BCUT2D eigenvalue weighted by Crippen LogP contribution is 2.32. The number of nitrogens with two attached hydrogens (primary N) is 1. The molecule has 1 atom stereocenters. The van der Waals surface area contributed by atoms with Crippen molar-refractivity contribution in [2.75, 3.05) is 13.2 Å². The monoisotopic (exact) mass is 270 g/mol. The molecule has 98 valence electrons. The van der Waals surface area contributed by atoms with Crippen LogP contribution in [0.15, 0.2) is 12.1 Å². The number of nitrogens with one attached hydrogen (secondary N) is 1. The van der Waals surface area contributed by atoms with Crippen LogP contribution in [0.3, 0.4) is 0 Å². The Bertz CT molecular complexity index is 465. The van der Waals surface area contributed by atoms with E-state index in [-0.39, 0.29) is 6.54 Å². The Morgan fingerprint density at radius 3 is 3.11 bits per heavy atom. The number of carbonyl (C=O) groups is 1. The maximum absolute atomic E-state index is 10.7. The van der Waals surface area contributed by atoms with Crippen LogP contribution >= 0.6 is 11.6 Å². The van der Waals surface area contributed by atoms with Crippen LogP contribution in [0.1, 0.15) is 11.1 Å². The molecule has 0 saturated carbocycles. The van der Waals surface area contributed by atoms with Crippen LogP contribution in [0.25, 0.3) is 0 Å². The molecule has 1 aliphatic rings. The lowest BCUT2D eigenvalue weighted by Crippen LogP contribution is -2.37. The van der Waals surface area contributed by atoms with Gasteiger partial charge in [-0.3, -0.25) is 4.79 Å². The van der Waals surface area contributed by atoms with Gasteiger partial charge in [0, 0.05) is 30.1 Å². The van der Waals surface area contributed by atoms with Crippen LogP contribution in [-0.4, -0.2) is 30.3 Å². The highest BCUT2D eigenvalue weighted by Gasteiger charge is 2.18. The van der Waals surface area contributed by atoms with Gasteiger partial charge in [0.05, 0.1) is 6.61 Å². The fraction of sp³-hybridized carbons (Fsp3) is 0.417. The number of benzene rings is 1. The molecule has 4 N–H and O–H groups in total. The normalized spacial score (nSPS) is 15.0. The summed E-state index contributed by atoms with van der Waals surface area (Å²) < 4.78 is 5.54. The van der Waals surface area contributed by atoms with Crippen molar-refractivity contribution < 1.29 is 14.6 Å². The second-order valence-electron chi connectivity index (χ2n) is 4.20. The number of aliphatic hydroxyl groups is 1. The largest absolute Gasteiger partial charge is 0.493 e. The molecule has 1 aliphatic heterocycles. The van der Waals surface area contributed by atoms with Crippen molar-refractivity contribution in [2.45, 2.75) is 19.1 Å². The zero-order chi connectivity index (χ0) is 13.1. The number of carbonyl (C=O) groups excluding carboxylic acids is 1. The van der Waals surface area contributed by atoms with Crippen molar-refractivity contribution >= 4 is 17.5 Å². The van der Waals surface area contributed by atoms with Crippen LogP contribution in [-0.2, 0) is 17.8 Å². The molecule has 5 nitrogen and oxygen atoms in total. The summed E-state index contributed by atoms with van der Waals surface area (Å²) in [5, 5.41) is 12.9. The molecule has 0 saturated heterocycles. The van der Waals surface area contributed by atoms with Crippen LogP contribution < -0.4 is 15.8 Å². The van der Waals surface area contributed by atoms with Gasteiger partial charge in [0.15, 0.2) is 0 Å². The fourth-order valence-electron chi connectivity index (χ4n) is 1.92. The van der Waals surface area contributed by atoms with E-state index in [2.05, 4.69) is 5.32 Å². The highest BCUT2D eigenvalue weighted by molar-refractivity contribution is 6.30. The predicted octanol–water partition coefficient (Wildman–Crippen LogP) is 0.211. The SMILES string of the molecule is NC(=O)C(O)CNCc1cc(Cl)cc2c1OCC2. The number of aliphatic hydroxyl groups excluding tert-OH is 1. The number of primary amides is 1. The summed E-state index contributed by atoms with van der Waals surface area (Å²) in [7, 11) is 0. The Balaban J connectivity index is 2.00. The zero-order valence-corrected chi connectivity index (χ0v) is 10.5. The van der Waals surface area contributed by atoms with Gasteiger partial charge >= 0.3 is 0 Å². The number of hydrogen-bond acceptors (Lipinski definition) is 4. The third-order valence-electron chi connectivity index (χ3n) is 2.81. The van der Waals surface area contributed by atoms with Crippen molar-refractivity contribution in [3.63, 3.8) is 0 Å². The number of amides is 1. The lowest BCUT2D eigenvalue weighted by Gasteiger charge is -2.11. The predicted molar refractivity (Wildman–Crippen MR) is 67.6 cm³/mol. The van der Waals surface area contributed by atoms with Crippen molar-refractivity contribution in [1.29, 1.82) is 0 Å². The maximum Gasteiger partial charge on any atom is 0.247 e. The van der Waals surface area contributed by atoms with E-state index in [0.717, 1.165) is 23.3 Å². The lowest BCUT2D eigenvalue weighted by atomic mass is 10.1. The van der Waals surface area contributed by atoms with E-state index in [1.165, 1.54) is 0 Å². The van der Waals surface area contributed by atoms with Gasteiger partial charge in [-0.2, -0.15) is 0 Å². The molecule has 0 aromatic heterocycles. The zero-order valence-electron chi connectivity index (χ0n) is 9.78. The van der Waals surface area contributed by atoms with Crippen molar-refractivity contribution in [3.8, 4) is 5.75 Å². The van der Waals surface area contributed by atoms with Crippen molar-refractivity contribution in [2.24, 2.45) is 5.73 Å². The summed E-state index contributed by atoms with van der Waals surface area (Å²) in [6.45, 7) is 1.23. The molecule has 0 bridgehead atoms. The summed E-state index contributed by atoms with van der Waals surface area (Å²) in [6.07, 6.45) is -0.328. The van der Waals surface area contributed by atoms with Gasteiger partial charge in [-0.1, -0.05) is 11.6 Å². The maximum atomic E-state index is 10.7. The smallest absolute Gasteiger partial charge is 0.247 e. The molecule has 0 aliphatic carbocycles. The minimum absolute atomic E-state index is 0.108. The van der Waals surface area contributed by atoms with E-state index in [0.29, 0.717) is 18.2 Å².